The average molecular weight is 350 g/mol. The van der Waals surface area contributed by atoms with Crippen molar-refractivity contribution in [2.24, 2.45) is 5.73 Å². The molecule has 1 fully saturated rings. The molecule has 3 aromatic heterocycles. The monoisotopic (exact) mass is 350 g/mol. The fourth-order valence-electron chi connectivity index (χ4n) is 3.30. The van der Waals surface area contributed by atoms with Crippen LogP contribution in [0, 0.1) is 5.95 Å². The highest BCUT2D eigenvalue weighted by Crippen LogP contribution is 2.47. The van der Waals surface area contributed by atoms with E-state index in [-0.39, 0.29) is 0 Å². The Labute approximate surface area is 147 Å². The Kier molecular flexibility index (Phi) is 3.29. The van der Waals surface area contributed by atoms with E-state index in [1.165, 1.54) is 17.1 Å². The Morgan fingerprint density at radius 1 is 1.16 bits per heavy atom. The van der Waals surface area contributed by atoms with E-state index < -0.39 is 5.95 Å². The lowest BCUT2D eigenvalue weighted by molar-refractivity contribution is 0.592. The predicted molar refractivity (Wildman–Crippen MR) is 98.0 cm³/mol. The summed E-state index contributed by atoms with van der Waals surface area (Å²) in [7, 11) is 0. The second-order valence-corrected chi connectivity index (χ2v) is 7.24. The molecule has 25 heavy (non-hydrogen) atoms. The number of nitrogens with two attached hydrogens (primary N) is 1. The molecule has 0 bridgehead atoms. The summed E-state index contributed by atoms with van der Waals surface area (Å²) in [4.78, 5) is 8.68. The van der Waals surface area contributed by atoms with Gasteiger partial charge in [-0.25, -0.2) is 4.98 Å². The predicted octanol–water partition coefficient (Wildman–Crippen LogP) is 4.38. The lowest BCUT2D eigenvalue weighted by atomic mass is 10.0. The lowest BCUT2D eigenvalue weighted by Gasteiger charge is -2.10. The van der Waals surface area contributed by atoms with Crippen molar-refractivity contribution >= 4 is 32.8 Å². The molecule has 1 aliphatic carbocycles. The van der Waals surface area contributed by atoms with Gasteiger partial charge in [-0.15, -0.1) is 0 Å². The zero-order chi connectivity index (χ0) is 17.0. The molecule has 4 aromatic rings. The van der Waals surface area contributed by atoms with Crippen molar-refractivity contribution in [3.63, 3.8) is 0 Å². The van der Waals surface area contributed by atoms with Crippen LogP contribution in [-0.4, -0.2) is 14.3 Å². The van der Waals surface area contributed by atoms with Crippen molar-refractivity contribution in [2.45, 2.75) is 25.3 Å². The molecule has 124 valence electrons. The van der Waals surface area contributed by atoms with Crippen LogP contribution < -0.4 is 5.73 Å². The van der Waals surface area contributed by atoms with E-state index in [2.05, 4.69) is 14.3 Å². The minimum atomic E-state index is -0.496. The maximum atomic E-state index is 14.7. The number of nitrogens with zero attached hydrogens (tertiary/aromatic N) is 3. The van der Waals surface area contributed by atoms with Gasteiger partial charge in [0.15, 0.2) is 5.65 Å². The van der Waals surface area contributed by atoms with E-state index in [4.69, 9.17) is 5.73 Å². The minimum Gasteiger partial charge on any atom is -0.326 e. The standard InChI is InChI=1S/C19H15FN4S/c20-18-13(11-3-1-10(8-21)2-4-11)7-14-16(12-5-6-12)17-15(9-22-25-17)23-19(14)24-18/h1-4,7,9,12H,5-6,8,21H2. The van der Waals surface area contributed by atoms with Crippen LogP contribution in [0.4, 0.5) is 4.39 Å². The Hall–Kier alpha value is -2.44. The number of benzene rings is 1. The molecule has 0 unspecified atom stereocenters. The first-order valence-corrected chi connectivity index (χ1v) is 9.06. The lowest BCUT2D eigenvalue weighted by Crippen LogP contribution is -1.98. The summed E-state index contributed by atoms with van der Waals surface area (Å²) < 4.78 is 20.0. The zero-order valence-electron chi connectivity index (χ0n) is 13.4. The molecule has 0 spiro atoms. The largest absolute Gasteiger partial charge is 0.326 e. The van der Waals surface area contributed by atoms with Crippen LogP contribution in [0.3, 0.4) is 0 Å². The van der Waals surface area contributed by atoms with Crippen molar-refractivity contribution < 1.29 is 4.39 Å². The molecule has 6 heteroatoms. The van der Waals surface area contributed by atoms with Gasteiger partial charge in [0.1, 0.15) is 5.52 Å². The van der Waals surface area contributed by atoms with Crippen LogP contribution in [0.2, 0.25) is 0 Å². The van der Waals surface area contributed by atoms with Gasteiger partial charge in [-0.2, -0.15) is 13.7 Å². The zero-order valence-corrected chi connectivity index (χ0v) is 14.2. The van der Waals surface area contributed by atoms with Crippen molar-refractivity contribution in [3.8, 4) is 11.1 Å². The second-order valence-electron chi connectivity index (χ2n) is 6.44. The third-order valence-electron chi connectivity index (χ3n) is 4.75. The Bertz CT molecular complexity index is 1100. The smallest absolute Gasteiger partial charge is 0.222 e. The first-order valence-electron chi connectivity index (χ1n) is 8.28. The molecule has 5 rings (SSSR count). The molecule has 0 radical (unpaired) electrons. The fourth-order valence-corrected chi connectivity index (χ4v) is 4.13. The molecular weight excluding hydrogens is 335 g/mol. The maximum Gasteiger partial charge on any atom is 0.222 e. The first-order chi connectivity index (χ1) is 12.2. The summed E-state index contributed by atoms with van der Waals surface area (Å²) in [6.07, 6.45) is 4.05. The van der Waals surface area contributed by atoms with Crippen LogP contribution in [0.1, 0.15) is 29.9 Å². The molecule has 1 saturated carbocycles. The van der Waals surface area contributed by atoms with Crippen LogP contribution in [-0.2, 0) is 6.54 Å². The van der Waals surface area contributed by atoms with Crippen molar-refractivity contribution in [1.29, 1.82) is 0 Å². The Morgan fingerprint density at radius 3 is 2.68 bits per heavy atom. The Balaban J connectivity index is 1.78. The first kappa shape index (κ1) is 14.9. The second kappa shape index (κ2) is 5.54. The molecule has 0 amide bonds. The van der Waals surface area contributed by atoms with E-state index in [1.54, 1.807) is 6.20 Å². The van der Waals surface area contributed by atoms with Gasteiger partial charge >= 0.3 is 0 Å². The summed E-state index contributed by atoms with van der Waals surface area (Å²) in [6.45, 7) is 0.470. The number of rotatable bonds is 3. The molecule has 3 heterocycles. The molecule has 0 atom stereocenters. The number of aromatic nitrogens is 3. The molecule has 1 aromatic carbocycles. The average Bonchev–Trinajstić information content (AvgIpc) is 3.36. The van der Waals surface area contributed by atoms with Crippen molar-refractivity contribution in [3.05, 3.63) is 53.6 Å². The molecular formula is C19H15FN4S. The highest BCUT2D eigenvalue weighted by atomic mass is 32.1. The number of fused-ring (bicyclic) bond motifs is 2. The van der Waals surface area contributed by atoms with E-state index in [0.717, 1.165) is 39.6 Å². The van der Waals surface area contributed by atoms with Crippen molar-refractivity contribution in [1.82, 2.24) is 14.3 Å². The summed E-state index contributed by atoms with van der Waals surface area (Å²) in [5.41, 5.74) is 10.5. The highest BCUT2D eigenvalue weighted by Gasteiger charge is 2.29. The quantitative estimate of drug-likeness (QED) is 0.557. The van der Waals surface area contributed by atoms with E-state index >= 15 is 0 Å². The van der Waals surface area contributed by atoms with Gasteiger partial charge in [0, 0.05) is 17.5 Å². The van der Waals surface area contributed by atoms with Gasteiger partial charge < -0.3 is 5.73 Å². The van der Waals surface area contributed by atoms with E-state index in [9.17, 15) is 4.39 Å². The van der Waals surface area contributed by atoms with E-state index in [0.29, 0.717) is 23.7 Å². The van der Waals surface area contributed by atoms with Crippen LogP contribution in [0.25, 0.3) is 32.4 Å². The summed E-state index contributed by atoms with van der Waals surface area (Å²) in [5, 5.41) is 0.943. The number of hydrogen-bond donors (Lipinski definition) is 1. The topological polar surface area (TPSA) is 64.7 Å². The third kappa shape index (κ3) is 2.41. The Morgan fingerprint density at radius 2 is 1.96 bits per heavy atom. The van der Waals surface area contributed by atoms with Gasteiger partial charge in [-0.3, -0.25) is 0 Å². The third-order valence-corrected chi connectivity index (χ3v) is 5.58. The van der Waals surface area contributed by atoms with Gasteiger partial charge in [0.2, 0.25) is 5.95 Å². The number of halogens is 1. The van der Waals surface area contributed by atoms with Crippen LogP contribution >= 0.6 is 11.5 Å². The molecule has 2 N–H and O–H groups in total. The highest BCUT2D eigenvalue weighted by molar-refractivity contribution is 7.13. The van der Waals surface area contributed by atoms with E-state index in [1.807, 2.05) is 30.3 Å². The van der Waals surface area contributed by atoms with Crippen molar-refractivity contribution in [2.75, 3.05) is 0 Å². The maximum absolute atomic E-state index is 14.7. The summed E-state index contributed by atoms with van der Waals surface area (Å²) in [5.74, 6) is 0.0120. The molecule has 1 aliphatic rings. The number of pyridine rings is 2. The summed E-state index contributed by atoms with van der Waals surface area (Å²) >= 11 is 1.46. The van der Waals surface area contributed by atoms with Gasteiger partial charge in [-0.05, 0) is 53.0 Å². The summed E-state index contributed by atoms with van der Waals surface area (Å²) in [6, 6.07) is 9.53. The SMILES string of the molecule is NCc1ccc(-c2cc3c(C4CC4)c4sncc4nc3nc2F)cc1. The normalized spacial score (nSPS) is 14.5. The minimum absolute atomic E-state index is 0.467. The molecule has 4 nitrogen and oxygen atoms in total. The van der Waals surface area contributed by atoms with Gasteiger partial charge in [-0.1, -0.05) is 24.3 Å². The molecule has 0 saturated heterocycles. The van der Waals surface area contributed by atoms with Gasteiger partial charge in [0.25, 0.3) is 0 Å². The van der Waals surface area contributed by atoms with Gasteiger partial charge in [0.05, 0.1) is 10.9 Å². The number of hydrogen-bond acceptors (Lipinski definition) is 5. The molecule has 0 aliphatic heterocycles. The van der Waals surface area contributed by atoms with Crippen LogP contribution in [0.5, 0.6) is 0 Å². The van der Waals surface area contributed by atoms with Crippen LogP contribution in [0.15, 0.2) is 36.5 Å². The fraction of sp³-hybridized carbons (Fsp3) is 0.211.